The lowest BCUT2D eigenvalue weighted by molar-refractivity contribution is 0.101. The lowest BCUT2D eigenvalue weighted by Crippen LogP contribution is -2.14. The maximum atomic E-state index is 13.0. The Balaban J connectivity index is 1.44. The number of hydrogen-bond donors (Lipinski definition) is 5. The average Bonchev–Trinajstić information content (AvgIpc) is 3.47. The zero-order chi connectivity index (χ0) is 24.5. The highest BCUT2D eigenvalue weighted by Crippen LogP contribution is 2.30. The summed E-state index contributed by atoms with van der Waals surface area (Å²) >= 11 is 6.07. The number of carbonyl (C=O) groups is 2. The minimum absolute atomic E-state index is 0.110. The van der Waals surface area contributed by atoms with Crippen LogP contribution in [0.25, 0.3) is 22.3 Å². The summed E-state index contributed by atoms with van der Waals surface area (Å²) in [6.07, 6.45) is 0. The number of aromatic hydroxyl groups is 1. The first kappa shape index (κ1) is 22.0. The third kappa shape index (κ3) is 4.37. The van der Waals surface area contributed by atoms with Crippen molar-refractivity contribution >= 4 is 45.7 Å². The minimum atomic E-state index is -0.744. The summed E-state index contributed by atoms with van der Waals surface area (Å²) in [4.78, 5) is 42.5. The van der Waals surface area contributed by atoms with Crippen molar-refractivity contribution in [3.8, 4) is 17.1 Å². The number of carbonyl (C=O) groups excluding carboxylic acids is 2. The molecule has 2 amide bonds. The molecule has 5 N–H and O–H groups in total. The Labute approximate surface area is 201 Å². The molecule has 0 saturated heterocycles. The fraction of sp³-hybridized carbons (Fsp3) is 0. The molecule has 5 rings (SSSR count). The Hall–Kier alpha value is -4.83. The molecule has 2 heterocycles. The molecule has 0 aliphatic rings. The van der Waals surface area contributed by atoms with E-state index in [1.54, 1.807) is 48.5 Å². The molecule has 0 saturated carbocycles. The number of hydrogen-bond acceptors (Lipinski definition) is 6. The van der Waals surface area contributed by atoms with E-state index in [1.165, 1.54) is 18.2 Å². The molecule has 10 nitrogen and oxygen atoms in total. The number of rotatable bonds is 5. The van der Waals surface area contributed by atoms with Gasteiger partial charge < -0.3 is 20.7 Å². The summed E-state index contributed by atoms with van der Waals surface area (Å²) in [6, 6.07) is 17.7. The van der Waals surface area contributed by atoms with Crippen LogP contribution >= 0.6 is 11.6 Å². The number of aromatic nitrogens is 3. The molecule has 174 valence electrons. The van der Waals surface area contributed by atoms with Crippen LogP contribution in [0.1, 0.15) is 20.8 Å². The highest BCUT2D eigenvalue weighted by Gasteiger charge is 2.18. The number of aromatic amines is 2. The second-order valence-corrected chi connectivity index (χ2v) is 7.95. The van der Waals surface area contributed by atoms with Crippen LogP contribution in [-0.4, -0.2) is 32.0 Å². The van der Waals surface area contributed by atoms with Crippen LogP contribution in [-0.2, 0) is 0 Å². The minimum Gasteiger partial charge on any atom is -0.507 e. The van der Waals surface area contributed by atoms with E-state index in [0.717, 1.165) is 0 Å². The van der Waals surface area contributed by atoms with Crippen LogP contribution in [0.2, 0.25) is 5.02 Å². The van der Waals surface area contributed by atoms with Gasteiger partial charge >= 0.3 is 5.76 Å². The molecule has 0 atom stereocenters. The van der Waals surface area contributed by atoms with Gasteiger partial charge in [0, 0.05) is 16.0 Å². The summed E-state index contributed by atoms with van der Waals surface area (Å²) in [7, 11) is 0. The van der Waals surface area contributed by atoms with E-state index >= 15 is 0 Å². The first-order valence-electron chi connectivity index (χ1n) is 10.3. The van der Waals surface area contributed by atoms with Gasteiger partial charge in [-0.2, -0.15) is 0 Å². The van der Waals surface area contributed by atoms with Gasteiger partial charge in [-0.05, 0) is 42.5 Å². The van der Waals surface area contributed by atoms with Crippen molar-refractivity contribution < 1.29 is 19.2 Å². The number of phenolic OH excluding ortho intramolecular Hbond substituents is 1. The monoisotopic (exact) mass is 489 g/mol. The van der Waals surface area contributed by atoms with Gasteiger partial charge in [0.25, 0.3) is 11.8 Å². The maximum absolute atomic E-state index is 13.0. The summed E-state index contributed by atoms with van der Waals surface area (Å²) in [6.45, 7) is 0. The Morgan fingerprint density at radius 1 is 0.914 bits per heavy atom. The smallest absolute Gasteiger partial charge is 0.439 e. The van der Waals surface area contributed by atoms with Gasteiger partial charge in [-0.25, -0.2) is 4.79 Å². The quantitative estimate of drug-likeness (QED) is 0.247. The fourth-order valence-corrected chi connectivity index (χ4v) is 3.77. The van der Waals surface area contributed by atoms with E-state index in [-0.39, 0.29) is 22.8 Å². The molecule has 11 heteroatoms. The Morgan fingerprint density at radius 2 is 1.71 bits per heavy atom. The predicted octanol–water partition coefficient (Wildman–Crippen LogP) is 4.37. The second-order valence-electron chi connectivity index (χ2n) is 7.51. The number of H-pyrrole nitrogens is 2. The van der Waals surface area contributed by atoms with E-state index in [2.05, 4.69) is 30.3 Å². The summed E-state index contributed by atoms with van der Waals surface area (Å²) in [5.74, 6) is -1.75. The topological polar surface area (TPSA) is 153 Å². The maximum Gasteiger partial charge on any atom is 0.439 e. The second kappa shape index (κ2) is 8.84. The standard InChI is InChI=1S/C24H16ClN5O5/c25-13-8-9-16(15(11-13)21-29-24(34)35-30-21)27-23(33)18-10-12-4-3-6-17(20(12)26-18)28-22(32)14-5-1-2-7-19(14)31/h1-11,26,31H,(H,27,33)(H,28,32)(H,29,30,34). The number of halogens is 1. The molecule has 2 aromatic heterocycles. The SMILES string of the molecule is O=C(Nc1ccc(Cl)cc1-c1noc(=O)[nH]1)c1cc2cccc(NC(=O)c3ccccc3O)c2[nH]1. The van der Waals surface area contributed by atoms with Crippen molar-refractivity contribution in [2.45, 2.75) is 0 Å². The number of phenols is 1. The first-order chi connectivity index (χ1) is 16.9. The molecule has 5 aromatic rings. The van der Waals surface area contributed by atoms with Gasteiger partial charge in [0.2, 0.25) is 0 Å². The highest BCUT2D eigenvalue weighted by atomic mass is 35.5. The van der Waals surface area contributed by atoms with Gasteiger partial charge in [0.1, 0.15) is 11.4 Å². The Kier molecular flexibility index (Phi) is 5.55. The fourth-order valence-electron chi connectivity index (χ4n) is 3.59. The molecule has 0 radical (unpaired) electrons. The summed E-state index contributed by atoms with van der Waals surface area (Å²) in [5, 5.41) is 20.2. The molecular formula is C24H16ClN5O5. The van der Waals surface area contributed by atoms with E-state index in [4.69, 9.17) is 11.6 Å². The number of benzene rings is 3. The zero-order valence-electron chi connectivity index (χ0n) is 17.8. The lowest BCUT2D eigenvalue weighted by Gasteiger charge is -2.09. The van der Waals surface area contributed by atoms with Gasteiger partial charge in [0.15, 0.2) is 5.82 Å². The lowest BCUT2D eigenvalue weighted by atomic mass is 10.1. The van der Waals surface area contributed by atoms with Crippen molar-refractivity contribution in [1.82, 2.24) is 15.1 Å². The number of nitrogens with one attached hydrogen (secondary N) is 4. The normalized spacial score (nSPS) is 10.9. The number of para-hydroxylation sites is 2. The van der Waals surface area contributed by atoms with E-state index in [1.807, 2.05) is 0 Å². The number of amides is 2. The van der Waals surface area contributed by atoms with Crippen LogP contribution in [0.3, 0.4) is 0 Å². The number of anilines is 2. The van der Waals surface area contributed by atoms with Crippen molar-refractivity contribution in [3.05, 3.63) is 93.6 Å². The molecule has 0 bridgehead atoms. The Morgan fingerprint density at radius 3 is 2.49 bits per heavy atom. The molecule has 35 heavy (non-hydrogen) atoms. The average molecular weight is 490 g/mol. The summed E-state index contributed by atoms with van der Waals surface area (Å²) in [5.41, 5.74) is 2.01. The summed E-state index contributed by atoms with van der Waals surface area (Å²) < 4.78 is 4.55. The molecule has 0 aliphatic heterocycles. The molecule has 0 spiro atoms. The molecule has 0 aliphatic carbocycles. The third-order valence-electron chi connectivity index (χ3n) is 5.22. The van der Waals surface area contributed by atoms with Crippen molar-refractivity contribution in [2.24, 2.45) is 0 Å². The number of nitrogens with zero attached hydrogens (tertiary/aromatic N) is 1. The van der Waals surface area contributed by atoms with Crippen LogP contribution in [0, 0.1) is 0 Å². The number of fused-ring (bicyclic) bond motifs is 1. The molecular weight excluding hydrogens is 474 g/mol. The van der Waals surface area contributed by atoms with E-state index in [0.29, 0.717) is 32.9 Å². The van der Waals surface area contributed by atoms with Crippen molar-refractivity contribution in [1.29, 1.82) is 0 Å². The highest BCUT2D eigenvalue weighted by molar-refractivity contribution is 6.31. The van der Waals surface area contributed by atoms with Crippen LogP contribution < -0.4 is 16.4 Å². The van der Waals surface area contributed by atoms with Crippen LogP contribution in [0.15, 0.2) is 76.0 Å². The predicted molar refractivity (Wildman–Crippen MR) is 130 cm³/mol. The molecule has 0 unspecified atom stereocenters. The largest absolute Gasteiger partial charge is 0.507 e. The van der Waals surface area contributed by atoms with Crippen LogP contribution in [0.4, 0.5) is 11.4 Å². The van der Waals surface area contributed by atoms with Crippen LogP contribution in [0.5, 0.6) is 5.75 Å². The van der Waals surface area contributed by atoms with Gasteiger partial charge in [0.05, 0.1) is 22.5 Å². The van der Waals surface area contributed by atoms with E-state index in [9.17, 15) is 19.5 Å². The van der Waals surface area contributed by atoms with Gasteiger partial charge in [-0.15, -0.1) is 0 Å². The first-order valence-corrected chi connectivity index (χ1v) is 10.6. The third-order valence-corrected chi connectivity index (χ3v) is 5.46. The Bertz CT molecular complexity index is 1650. The van der Waals surface area contributed by atoms with Crippen molar-refractivity contribution in [3.63, 3.8) is 0 Å². The van der Waals surface area contributed by atoms with Gasteiger partial charge in [-0.3, -0.25) is 19.1 Å². The zero-order valence-corrected chi connectivity index (χ0v) is 18.5. The molecule has 0 fully saturated rings. The van der Waals surface area contributed by atoms with Gasteiger partial charge in [-0.1, -0.05) is 41.0 Å². The molecule has 3 aromatic carbocycles. The van der Waals surface area contributed by atoms with E-state index < -0.39 is 17.6 Å². The van der Waals surface area contributed by atoms with Crippen molar-refractivity contribution in [2.75, 3.05) is 10.6 Å².